The van der Waals surface area contributed by atoms with Crippen LogP contribution in [0.3, 0.4) is 0 Å². The van der Waals surface area contributed by atoms with Crippen molar-refractivity contribution in [1.82, 2.24) is 0 Å². The van der Waals surface area contributed by atoms with Gasteiger partial charge in [-0.05, 0) is 49.3 Å². The van der Waals surface area contributed by atoms with E-state index in [4.69, 9.17) is 0 Å². The van der Waals surface area contributed by atoms with Gasteiger partial charge in [0.25, 0.3) is 0 Å². The summed E-state index contributed by atoms with van der Waals surface area (Å²) in [5.74, 6) is 0. The van der Waals surface area contributed by atoms with E-state index in [9.17, 15) is 0 Å². The molecule has 0 aliphatic heterocycles. The van der Waals surface area contributed by atoms with Crippen LogP contribution < -0.4 is 30.6 Å². The van der Waals surface area contributed by atoms with Crippen molar-refractivity contribution >= 4 is 96.0 Å². The van der Waals surface area contributed by atoms with Gasteiger partial charge in [-0.25, -0.2) is 0 Å². The van der Waals surface area contributed by atoms with Crippen LogP contribution in [0.15, 0.2) is 146 Å². The zero-order valence-electron chi connectivity index (χ0n) is 42.7. The Kier molecular flexibility index (Phi) is 34.8. The van der Waals surface area contributed by atoms with Crippen molar-refractivity contribution in [2.75, 3.05) is 49.3 Å². The van der Waals surface area contributed by atoms with Crippen LogP contribution in [0, 0.1) is 0 Å². The van der Waals surface area contributed by atoms with Crippen molar-refractivity contribution in [3.63, 3.8) is 0 Å². The van der Waals surface area contributed by atoms with E-state index >= 15 is 0 Å². The van der Waals surface area contributed by atoms with Crippen LogP contribution in [0.25, 0.3) is 43.1 Å². The Hall–Kier alpha value is -1.33. The van der Waals surface area contributed by atoms with Gasteiger partial charge in [0, 0.05) is 0 Å². The Bertz CT molecular complexity index is 1980. The summed E-state index contributed by atoms with van der Waals surface area (Å²) in [5, 5.41) is 17.8. The molecular weight excluding hydrogens is 1060 g/mol. The standard InChI is InChI=1S/4C15H20P.2FH.2Zr/c4*1-3-9-16(10-4-2)15-11-13-7-5-6-8-14(13)12-15;;;;/h4*5-8,11-12H,3-4,9-10H2,1-2H3;2*1H;;/q4*-1;;;2*+2/p-2. The van der Waals surface area contributed by atoms with Gasteiger partial charge in [-0.1, -0.05) is 163 Å². The van der Waals surface area contributed by atoms with Crippen molar-refractivity contribution in [3.05, 3.63) is 146 Å². The van der Waals surface area contributed by atoms with Crippen molar-refractivity contribution in [2.45, 2.75) is 107 Å². The van der Waals surface area contributed by atoms with Gasteiger partial charge >= 0.3 is 52.4 Å². The van der Waals surface area contributed by atoms with Crippen LogP contribution in [0.4, 0.5) is 0 Å². The topological polar surface area (TPSA) is 0 Å². The third-order valence-corrected chi connectivity index (χ3v) is 23.7. The van der Waals surface area contributed by atoms with E-state index in [1.54, 1.807) is 21.2 Å². The van der Waals surface area contributed by atoms with Gasteiger partial charge in [-0.2, -0.15) is 24.3 Å². The Morgan fingerprint density at radius 3 is 0.588 bits per heavy atom. The van der Waals surface area contributed by atoms with Crippen LogP contribution in [0.1, 0.15) is 107 Å². The average Bonchev–Trinajstić information content (AvgIpc) is 4.14. The maximum Gasteiger partial charge on any atom is 2.00 e. The minimum absolute atomic E-state index is 0. The predicted molar refractivity (Wildman–Crippen MR) is 306 cm³/mol. The van der Waals surface area contributed by atoms with E-state index in [0.29, 0.717) is 0 Å². The van der Waals surface area contributed by atoms with Crippen molar-refractivity contribution in [3.8, 4) is 0 Å². The Morgan fingerprint density at radius 2 is 0.441 bits per heavy atom. The molecule has 364 valence electrons. The summed E-state index contributed by atoms with van der Waals surface area (Å²) in [6.07, 6.45) is 21.6. The number of rotatable bonds is 20. The Labute approximate surface area is 455 Å². The number of hydrogen-bond donors (Lipinski definition) is 0. The first-order valence-electron chi connectivity index (χ1n) is 25.0. The molecule has 68 heavy (non-hydrogen) atoms. The fourth-order valence-corrected chi connectivity index (χ4v) is 18.8. The first-order valence-corrected chi connectivity index (χ1v) is 31.9. The predicted octanol–water partition coefficient (Wildman–Crippen LogP) is 11.9. The molecule has 0 aromatic heterocycles. The number of hydrogen-bond acceptors (Lipinski definition) is 0. The molecule has 8 rings (SSSR count). The minimum Gasteiger partial charge on any atom is -1.00 e. The quantitative estimate of drug-likeness (QED) is 0.0527. The van der Waals surface area contributed by atoms with E-state index in [2.05, 4.69) is 201 Å². The maximum absolute atomic E-state index is 2.41. The normalized spacial score (nSPS) is 10.8. The molecule has 0 unspecified atom stereocenters. The number of fused-ring (bicyclic) bond motifs is 4. The molecule has 0 aliphatic carbocycles. The van der Waals surface area contributed by atoms with Crippen LogP contribution >= 0.6 is 31.7 Å². The number of benzene rings is 4. The molecule has 0 heterocycles. The largest absolute Gasteiger partial charge is 2.00 e. The molecule has 0 aliphatic rings. The molecular formula is C60H80F2P4Zr2-2. The maximum atomic E-state index is 2.41. The first-order chi connectivity index (χ1) is 31.4. The third-order valence-electron chi connectivity index (χ3n) is 11.8. The molecule has 0 radical (unpaired) electrons. The van der Waals surface area contributed by atoms with Crippen molar-refractivity contribution < 1.29 is 61.8 Å². The Morgan fingerprint density at radius 1 is 0.279 bits per heavy atom. The molecule has 0 bridgehead atoms. The van der Waals surface area contributed by atoms with Crippen LogP contribution in [-0.4, -0.2) is 49.3 Å². The SMILES string of the molecule is CCCP(CCC)c1cc2ccccc2[cH-]1.CCCP(CCC)c1cc2ccccc2[cH-]1.CCCP(CCC)c1cc2ccccc2[cH-]1.CCCP(CCC)c1cc2ccccc2[cH-]1.[F-].[F-].[Zr+2].[Zr+2]. The van der Waals surface area contributed by atoms with E-state index in [1.807, 2.05) is 0 Å². The Balaban J connectivity index is 0.000000445. The van der Waals surface area contributed by atoms with E-state index in [0.717, 1.165) is 0 Å². The smallest absolute Gasteiger partial charge is 1.00 e. The second-order valence-electron chi connectivity index (χ2n) is 17.3. The van der Waals surface area contributed by atoms with Crippen LogP contribution in [-0.2, 0) is 52.4 Å². The summed E-state index contributed by atoms with van der Waals surface area (Å²) >= 11 is 0. The monoisotopic (exact) mass is 1140 g/mol. The molecule has 8 aromatic carbocycles. The fourth-order valence-electron chi connectivity index (χ4n) is 8.91. The molecule has 0 saturated heterocycles. The molecule has 0 atom stereocenters. The third kappa shape index (κ3) is 19.9. The molecule has 0 N–H and O–H groups in total. The van der Waals surface area contributed by atoms with Crippen LogP contribution in [0.5, 0.6) is 0 Å². The average molecular weight is 1150 g/mol. The van der Waals surface area contributed by atoms with Gasteiger partial charge < -0.3 is 9.41 Å². The van der Waals surface area contributed by atoms with Gasteiger partial charge in [0.1, 0.15) is 0 Å². The van der Waals surface area contributed by atoms with E-state index in [1.165, 1.54) is 144 Å². The molecule has 0 amide bonds. The van der Waals surface area contributed by atoms with E-state index < -0.39 is 0 Å². The summed E-state index contributed by atoms with van der Waals surface area (Å²) in [6.45, 7) is 18.4. The molecule has 0 spiro atoms. The van der Waals surface area contributed by atoms with E-state index in [-0.39, 0.29) is 93.5 Å². The summed E-state index contributed by atoms with van der Waals surface area (Å²) < 4.78 is 0. The van der Waals surface area contributed by atoms with Gasteiger partial charge in [0.05, 0.1) is 0 Å². The molecule has 8 heteroatoms. The van der Waals surface area contributed by atoms with Gasteiger partial charge in [-0.15, -0.1) is 161 Å². The molecule has 0 saturated carbocycles. The summed E-state index contributed by atoms with van der Waals surface area (Å²) in [6, 6.07) is 54.1. The zero-order chi connectivity index (χ0) is 45.5. The van der Waals surface area contributed by atoms with Gasteiger partial charge in [-0.3, -0.25) is 0 Å². The van der Waals surface area contributed by atoms with Crippen molar-refractivity contribution in [2.24, 2.45) is 0 Å². The summed E-state index contributed by atoms with van der Waals surface area (Å²) in [4.78, 5) is 0. The van der Waals surface area contributed by atoms with Crippen molar-refractivity contribution in [1.29, 1.82) is 0 Å². The van der Waals surface area contributed by atoms with Gasteiger partial charge in [0.2, 0.25) is 0 Å². The van der Waals surface area contributed by atoms with Gasteiger partial charge in [0.15, 0.2) is 0 Å². The summed E-state index contributed by atoms with van der Waals surface area (Å²) in [7, 11) is 0.389. The minimum atomic E-state index is 0. The molecule has 8 aromatic rings. The van der Waals surface area contributed by atoms with Crippen LogP contribution in [0.2, 0.25) is 0 Å². The fraction of sp³-hybridized carbons (Fsp3) is 0.400. The first kappa shape index (κ1) is 64.7. The zero-order valence-corrected chi connectivity index (χ0v) is 51.2. The second kappa shape index (κ2) is 36.6. The number of halogens is 2. The second-order valence-corrected chi connectivity index (χ2v) is 27.3. The molecule has 0 fully saturated rings. The summed E-state index contributed by atoms with van der Waals surface area (Å²) in [5.41, 5.74) is 0. The molecule has 0 nitrogen and oxygen atoms in total.